The Bertz CT molecular complexity index is 482. The number of nitriles is 1. The SMILES string of the molecule is N#CCCOCc1c[nH]c2ccccc12. The van der Waals surface area contributed by atoms with Gasteiger partial charge in [0.2, 0.25) is 0 Å². The zero-order valence-electron chi connectivity index (χ0n) is 8.36. The Hall–Kier alpha value is -1.79. The maximum absolute atomic E-state index is 8.36. The Morgan fingerprint density at radius 1 is 1.33 bits per heavy atom. The minimum atomic E-state index is 0.447. The number of para-hydroxylation sites is 1. The van der Waals surface area contributed by atoms with Gasteiger partial charge in [-0.15, -0.1) is 0 Å². The molecule has 2 rings (SSSR count). The third-order valence-corrected chi connectivity index (χ3v) is 2.29. The van der Waals surface area contributed by atoms with Crippen LogP contribution >= 0.6 is 0 Å². The van der Waals surface area contributed by atoms with Gasteiger partial charge in [-0.05, 0) is 6.07 Å². The highest BCUT2D eigenvalue weighted by Crippen LogP contribution is 2.18. The van der Waals surface area contributed by atoms with Gasteiger partial charge < -0.3 is 9.72 Å². The van der Waals surface area contributed by atoms with Crippen LogP contribution in [-0.4, -0.2) is 11.6 Å². The summed E-state index contributed by atoms with van der Waals surface area (Å²) in [6.07, 6.45) is 2.40. The molecule has 1 heterocycles. The largest absolute Gasteiger partial charge is 0.376 e. The normalized spacial score (nSPS) is 10.3. The summed E-state index contributed by atoms with van der Waals surface area (Å²) in [6.45, 7) is 1.06. The minimum absolute atomic E-state index is 0.447. The first-order valence-electron chi connectivity index (χ1n) is 4.91. The molecule has 15 heavy (non-hydrogen) atoms. The molecule has 0 radical (unpaired) electrons. The maximum Gasteiger partial charge on any atom is 0.0738 e. The summed E-state index contributed by atoms with van der Waals surface area (Å²) < 4.78 is 5.38. The number of ether oxygens (including phenoxy) is 1. The molecule has 1 aromatic heterocycles. The molecule has 0 fully saturated rings. The lowest BCUT2D eigenvalue weighted by Gasteiger charge is -1.99. The summed E-state index contributed by atoms with van der Waals surface area (Å²) >= 11 is 0. The molecule has 0 spiro atoms. The van der Waals surface area contributed by atoms with Crippen molar-refractivity contribution in [3.05, 3.63) is 36.0 Å². The number of fused-ring (bicyclic) bond motifs is 1. The number of aromatic nitrogens is 1. The molecule has 0 aliphatic rings. The van der Waals surface area contributed by atoms with Gasteiger partial charge in [0.15, 0.2) is 0 Å². The van der Waals surface area contributed by atoms with Crippen LogP contribution in [0.3, 0.4) is 0 Å². The predicted octanol–water partition coefficient (Wildman–Crippen LogP) is 2.60. The van der Waals surface area contributed by atoms with Crippen molar-refractivity contribution < 1.29 is 4.74 Å². The first-order valence-corrected chi connectivity index (χ1v) is 4.91. The third-order valence-electron chi connectivity index (χ3n) is 2.29. The fourth-order valence-electron chi connectivity index (χ4n) is 1.55. The molecule has 0 saturated carbocycles. The fraction of sp³-hybridized carbons (Fsp3) is 0.250. The number of H-pyrrole nitrogens is 1. The second kappa shape index (κ2) is 4.63. The summed E-state index contributed by atoms with van der Waals surface area (Å²) in [6, 6.07) is 10.2. The molecular weight excluding hydrogens is 188 g/mol. The molecule has 0 aliphatic carbocycles. The first kappa shape index (κ1) is 9.75. The number of benzene rings is 1. The van der Waals surface area contributed by atoms with Crippen molar-refractivity contribution in [1.29, 1.82) is 5.26 Å². The highest BCUT2D eigenvalue weighted by Gasteiger charge is 2.01. The van der Waals surface area contributed by atoms with Gasteiger partial charge in [-0.2, -0.15) is 5.26 Å². The Morgan fingerprint density at radius 3 is 3.07 bits per heavy atom. The van der Waals surface area contributed by atoms with Gasteiger partial charge in [0.05, 0.1) is 25.7 Å². The van der Waals surface area contributed by atoms with Crippen LogP contribution in [0.5, 0.6) is 0 Å². The standard InChI is InChI=1S/C12H12N2O/c13-6-3-7-15-9-10-8-14-12-5-2-1-4-11(10)12/h1-2,4-5,8,14H,3,7,9H2. The Labute approximate surface area is 88.3 Å². The lowest BCUT2D eigenvalue weighted by atomic mass is 10.2. The zero-order chi connectivity index (χ0) is 10.5. The quantitative estimate of drug-likeness (QED) is 0.771. The fourth-order valence-corrected chi connectivity index (χ4v) is 1.55. The summed E-state index contributed by atoms with van der Waals surface area (Å²) in [5.74, 6) is 0. The van der Waals surface area contributed by atoms with E-state index in [1.165, 1.54) is 5.39 Å². The van der Waals surface area contributed by atoms with Gasteiger partial charge in [0.25, 0.3) is 0 Å². The third kappa shape index (κ3) is 2.17. The smallest absolute Gasteiger partial charge is 0.0738 e. The van der Waals surface area contributed by atoms with Crippen LogP contribution in [0.2, 0.25) is 0 Å². The minimum Gasteiger partial charge on any atom is -0.376 e. The van der Waals surface area contributed by atoms with Gasteiger partial charge >= 0.3 is 0 Å². The molecule has 2 aromatic rings. The van der Waals surface area contributed by atoms with E-state index in [1.54, 1.807) is 0 Å². The Kier molecular flexibility index (Phi) is 3.01. The first-order chi connectivity index (χ1) is 7.42. The average Bonchev–Trinajstić information content (AvgIpc) is 2.68. The lowest BCUT2D eigenvalue weighted by molar-refractivity contribution is 0.127. The van der Waals surface area contributed by atoms with E-state index >= 15 is 0 Å². The molecule has 0 bridgehead atoms. The summed E-state index contributed by atoms with van der Waals surface area (Å²) in [4.78, 5) is 3.18. The number of nitrogens with zero attached hydrogens (tertiary/aromatic N) is 1. The van der Waals surface area contributed by atoms with Gasteiger partial charge in [-0.3, -0.25) is 0 Å². The van der Waals surface area contributed by atoms with E-state index in [2.05, 4.69) is 17.1 Å². The van der Waals surface area contributed by atoms with Crippen molar-refractivity contribution in [1.82, 2.24) is 4.98 Å². The van der Waals surface area contributed by atoms with E-state index in [0.29, 0.717) is 19.6 Å². The van der Waals surface area contributed by atoms with Gasteiger partial charge in [0, 0.05) is 22.7 Å². The monoisotopic (exact) mass is 200 g/mol. The average molecular weight is 200 g/mol. The second-order valence-electron chi connectivity index (χ2n) is 3.32. The molecule has 0 aliphatic heterocycles. The highest BCUT2D eigenvalue weighted by molar-refractivity contribution is 5.82. The van der Waals surface area contributed by atoms with E-state index in [1.807, 2.05) is 24.4 Å². The van der Waals surface area contributed by atoms with Gasteiger partial charge in [0.1, 0.15) is 0 Å². The van der Waals surface area contributed by atoms with Crippen molar-refractivity contribution in [3.63, 3.8) is 0 Å². The van der Waals surface area contributed by atoms with E-state index in [-0.39, 0.29) is 0 Å². The number of aromatic amines is 1. The van der Waals surface area contributed by atoms with Crippen molar-refractivity contribution in [2.45, 2.75) is 13.0 Å². The molecular formula is C12H12N2O. The van der Waals surface area contributed by atoms with Crippen LogP contribution in [0.4, 0.5) is 0 Å². The van der Waals surface area contributed by atoms with Gasteiger partial charge in [-0.25, -0.2) is 0 Å². The number of hydrogen-bond donors (Lipinski definition) is 1. The highest BCUT2D eigenvalue weighted by atomic mass is 16.5. The molecule has 3 nitrogen and oxygen atoms in total. The Morgan fingerprint density at radius 2 is 2.20 bits per heavy atom. The van der Waals surface area contributed by atoms with Crippen LogP contribution in [0, 0.1) is 11.3 Å². The van der Waals surface area contributed by atoms with E-state index in [4.69, 9.17) is 10.00 Å². The summed E-state index contributed by atoms with van der Waals surface area (Å²) in [5, 5.41) is 9.55. The summed E-state index contributed by atoms with van der Waals surface area (Å²) in [7, 11) is 0. The van der Waals surface area contributed by atoms with Crippen molar-refractivity contribution in [2.75, 3.05) is 6.61 Å². The molecule has 0 saturated heterocycles. The van der Waals surface area contributed by atoms with Crippen LogP contribution < -0.4 is 0 Å². The number of nitrogens with one attached hydrogen (secondary N) is 1. The van der Waals surface area contributed by atoms with Crippen LogP contribution in [0.15, 0.2) is 30.5 Å². The number of hydrogen-bond acceptors (Lipinski definition) is 2. The van der Waals surface area contributed by atoms with Crippen LogP contribution in [0.1, 0.15) is 12.0 Å². The topological polar surface area (TPSA) is 48.8 Å². The lowest BCUT2D eigenvalue weighted by Crippen LogP contribution is -1.93. The second-order valence-corrected chi connectivity index (χ2v) is 3.32. The maximum atomic E-state index is 8.36. The molecule has 1 aromatic carbocycles. The molecule has 1 N–H and O–H groups in total. The van der Waals surface area contributed by atoms with E-state index < -0.39 is 0 Å². The molecule has 0 unspecified atom stereocenters. The summed E-state index contributed by atoms with van der Waals surface area (Å²) in [5.41, 5.74) is 2.26. The molecule has 0 atom stereocenters. The van der Waals surface area contributed by atoms with E-state index in [0.717, 1.165) is 11.1 Å². The Balaban J connectivity index is 2.05. The molecule has 3 heteroatoms. The number of rotatable bonds is 4. The van der Waals surface area contributed by atoms with E-state index in [9.17, 15) is 0 Å². The van der Waals surface area contributed by atoms with Crippen molar-refractivity contribution >= 4 is 10.9 Å². The zero-order valence-corrected chi connectivity index (χ0v) is 8.36. The molecule has 76 valence electrons. The predicted molar refractivity (Wildman–Crippen MR) is 58.2 cm³/mol. The van der Waals surface area contributed by atoms with Crippen LogP contribution in [0.25, 0.3) is 10.9 Å². The van der Waals surface area contributed by atoms with Crippen molar-refractivity contribution in [2.24, 2.45) is 0 Å². The van der Waals surface area contributed by atoms with Crippen molar-refractivity contribution in [3.8, 4) is 6.07 Å². The van der Waals surface area contributed by atoms with Gasteiger partial charge in [-0.1, -0.05) is 18.2 Å². The van der Waals surface area contributed by atoms with Crippen LogP contribution in [-0.2, 0) is 11.3 Å². The molecule has 0 amide bonds.